The highest BCUT2D eigenvalue weighted by Gasteiger charge is 2.33. The fourth-order valence-corrected chi connectivity index (χ4v) is 2.14. The highest BCUT2D eigenvalue weighted by molar-refractivity contribution is 6.39. The number of carboxylic acids is 1. The molecule has 6 heteroatoms. The van der Waals surface area contributed by atoms with E-state index in [4.69, 9.17) is 28.3 Å². The van der Waals surface area contributed by atoms with Gasteiger partial charge in [-0.1, -0.05) is 50.0 Å². The van der Waals surface area contributed by atoms with Crippen molar-refractivity contribution in [3.05, 3.63) is 33.8 Å². The van der Waals surface area contributed by atoms with E-state index in [-0.39, 0.29) is 15.6 Å². The Bertz CT molecular complexity index is 489. The second-order valence-electron chi connectivity index (χ2n) is 5.21. The molecule has 0 radical (unpaired) electrons. The summed E-state index contributed by atoms with van der Waals surface area (Å²) in [6.45, 7) is 5.17. The van der Waals surface area contributed by atoms with Crippen molar-refractivity contribution in [2.75, 3.05) is 0 Å². The second-order valence-corrected chi connectivity index (χ2v) is 6.02. The Balaban J connectivity index is 3.05. The van der Waals surface area contributed by atoms with Gasteiger partial charge in [-0.15, -0.1) is 0 Å². The summed E-state index contributed by atoms with van der Waals surface area (Å²) in [7, 11) is 0. The third-order valence-corrected chi connectivity index (χ3v) is 3.21. The fourth-order valence-electron chi connectivity index (χ4n) is 1.57. The lowest BCUT2D eigenvalue weighted by Gasteiger charge is -2.28. The van der Waals surface area contributed by atoms with Crippen LogP contribution in [0.4, 0.5) is 0 Å². The van der Waals surface area contributed by atoms with Gasteiger partial charge in [0.2, 0.25) is 0 Å². The maximum absolute atomic E-state index is 12.1. The normalized spacial score (nSPS) is 12.9. The molecule has 0 fully saturated rings. The molecule has 0 saturated carbocycles. The van der Waals surface area contributed by atoms with E-state index in [1.807, 2.05) is 0 Å². The van der Waals surface area contributed by atoms with Crippen LogP contribution in [0.2, 0.25) is 10.0 Å². The molecular weight excluding hydrogens is 289 g/mol. The third kappa shape index (κ3) is 3.85. The van der Waals surface area contributed by atoms with Gasteiger partial charge in [0.15, 0.2) is 0 Å². The lowest BCUT2D eigenvalue weighted by atomic mass is 9.86. The van der Waals surface area contributed by atoms with Crippen molar-refractivity contribution in [2.45, 2.75) is 26.8 Å². The van der Waals surface area contributed by atoms with Crippen molar-refractivity contribution in [3.8, 4) is 0 Å². The smallest absolute Gasteiger partial charge is 0.326 e. The first kappa shape index (κ1) is 15.8. The van der Waals surface area contributed by atoms with Crippen LogP contribution in [0.1, 0.15) is 31.1 Å². The summed E-state index contributed by atoms with van der Waals surface area (Å²) < 4.78 is 0. The van der Waals surface area contributed by atoms with Crippen LogP contribution >= 0.6 is 23.2 Å². The molecule has 0 bridgehead atoms. The van der Waals surface area contributed by atoms with Crippen molar-refractivity contribution in [3.63, 3.8) is 0 Å². The Labute approximate surface area is 121 Å². The zero-order chi connectivity index (χ0) is 14.8. The molecule has 0 heterocycles. The first-order chi connectivity index (χ1) is 8.64. The second kappa shape index (κ2) is 5.80. The molecule has 1 amide bonds. The van der Waals surface area contributed by atoms with Gasteiger partial charge in [-0.05, 0) is 17.5 Å². The largest absolute Gasteiger partial charge is 0.480 e. The average Bonchev–Trinajstić information content (AvgIpc) is 2.23. The van der Waals surface area contributed by atoms with Gasteiger partial charge in [0.1, 0.15) is 6.04 Å². The van der Waals surface area contributed by atoms with E-state index >= 15 is 0 Å². The van der Waals surface area contributed by atoms with Gasteiger partial charge < -0.3 is 10.4 Å². The van der Waals surface area contributed by atoms with Gasteiger partial charge in [0.05, 0.1) is 15.6 Å². The van der Waals surface area contributed by atoms with E-state index in [0.29, 0.717) is 0 Å². The molecule has 0 aliphatic rings. The minimum atomic E-state index is -1.11. The Morgan fingerprint density at radius 3 is 2.05 bits per heavy atom. The molecule has 0 spiro atoms. The first-order valence-corrected chi connectivity index (χ1v) is 6.38. The summed E-state index contributed by atoms with van der Waals surface area (Å²) >= 11 is 11.8. The standard InChI is InChI=1S/C13H15Cl2NO3/c1-13(2,3)10(12(18)19)16-11(17)9-7(14)5-4-6-8(9)15/h4-6,10H,1-3H3,(H,16,17)(H,18,19)/t10-/m0/s1. The number of hydrogen-bond donors (Lipinski definition) is 2. The van der Waals surface area contributed by atoms with Gasteiger partial charge >= 0.3 is 5.97 Å². The number of benzene rings is 1. The molecular formula is C13H15Cl2NO3. The van der Waals surface area contributed by atoms with Gasteiger partial charge in [-0.2, -0.15) is 0 Å². The van der Waals surface area contributed by atoms with Crippen molar-refractivity contribution in [2.24, 2.45) is 5.41 Å². The van der Waals surface area contributed by atoms with E-state index in [1.54, 1.807) is 26.8 Å². The number of carboxylic acid groups (broad SMARTS) is 1. The lowest BCUT2D eigenvalue weighted by molar-refractivity contribution is -0.142. The number of carbonyl (C=O) groups excluding carboxylic acids is 1. The maximum Gasteiger partial charge on any atom is 0.326 e. The first-order valence-electron chi connectivity index (χ1n) is 5.62. The SMILES string of the molecule is CC(C)(C)[C@@H](NC(=O)c1c(Cl)cccc1Cl)C(=O)O. The molecule has 1 aromatic rings. The molecule has 0 unspecified atom stereocenters. The van der Waals surface area contributed by atoms with Gasteiger partial charge in [-0.25, -0.2) is 4.79 Å². The summed E-state index contributed by atoms with van der Waals surface area (Å²) in [4.78, 5) is 23.3. The van der Waals surface area contributed by atoms with Gasteiger partial charge in [0.25, 0.3) is 5.91 Å². The number of amides is 1. The number of carbonyl (C=O) groups is 2. The van der Waals surface area contributed by atoms with Crippen LogP contribution in [0, 0.1) is 5.41 Å². The predicted molar refractivity (Wildman–Crippen MR) is 74.8 cm³/mol. The van der Waals surface area contributed by atoms with Crippen molar-refractivity contribution in [1.29, 1.82) is 0 Å². The number of hydrogen-bond acceptors (Lipinski definition) is 2. The molecule has 0 aliphatic carbocycles. The summed E-state index contributed by atoms with van der Waals surface area (Å²) in [6.07, 6.45) is 0. The van der Waals surface area contributed by atoms with Gasteiger partial charge in [0, 0.05) is 0 Å². The summed E-state index contributed by atoms with van der Waals surface area (Å²) in [5.74, 6) is -1.71. The summed E-state index contributed by atoms with van der Waals surface area (Å²) in [5, 5.41) is 12.0. The predicted octanol–water partition coefficient (Wildman–Crippen LogP) is 3.22. The minimum Gasteiger partial charge on any atom is -0.480 e. The Kier molecular flexibility index (Phi) is 4.82. The van der Waals surface area contributed by atoms with Crippen molar-refractivity contribution >= 4 is 35.1 Å². The van der Waals surface area contributed by atoms with Crippen LogP contribution in [0.3, 0.4) is 0 Å². The Hall–Kier alpha value is -1.26. The maximum atomic E-state index is 12.1. The Morgan fingerprint density at radius 2 is 1.68 bits per heavy atom. The van der Waals surface area contributed by atoms with Crippen molar-refractivity contribution in [1.82, 2.24) is 5.32 Å². The molecule has 1 rings (SSSR count). The van der Waals surface area contributed by atoms with Crippen LogP contribution in [0.5, 0.6) is 0 Å². The molecule has 2 N–H and O–H groups in total. The van der Waals surface area contributed by atoms with E-state index < -0.39 is 23.3 Å². The molecule has 0 aliphatic heterocycles. The zero-order valence-corrected chi connectivity index (χ0v) is 12.3. The lowest BCUT2D eigenvalue weighted by Crippen LogP contribution is -2.49. The van der Waals surface area contributed by atoms with E-state index in [0.717, 1.165) is 0 Å². The Morgan fingerprint density at radius 1 is 1.21 bits per heavy atom. The monoisotopic (exact) mass is 303 g/mol. The summed E-state index contributed by atoms with van der Waals surface area (Å²) in [6, 6.07) is 3.62. The van der Waals surface area contributed by atoms with Crippen LogP contribution in [0.15, 0.2) is 18.2 Å². The van der Waals surface area contributed by atoms with Crippen molar-refractivity contribution < 1.29 is 14.7 Å². The molecule has 19 heavy (non-hydrogen) atoms. The number of halogens is 2. The molecule has 1 aromatic carbocycles. The zero-order valence-electron chi connectivity index (χ0n) is 10.8. The number of rotatable bonds is 3. The van der Waals surface area contributed by atoms with E-state index in [1.165, 1.54) is 12.1 Å². The van der Waals surface area contributed by atoms with Crippen LogP contribution in [-0.2, 0) is 4.79 Å². The third-order valence-electron chi connectivity index (χ3n) is 2.58. The molecule has 104 valence electrons. The molecule has 0 aromatic heterocycles. The molecule has 1 atom stereocenters. The van der Waals surface area contributed by atoms with Gasteiger partial charge in [-0.3, -0.25) is 4.79 Å². The van der Waals surface area contributed by atoms with Crippen LogP contribution in [0.25, 0.3) is 0 Å². The molecule has 0 saturated heterocycles. The van der Waals surface area contributed by atoms with Crippen LogP contribution < -0.4 is 5.32 Å². The highest BCUT2D eigenvalue weighted by Crippen LogP contribution is 2.25. The number of nitrogens with one attached hydrogen (secondary N) is 1. The topological polar surface area (TPSA) is 66.4 Å². The van der Waals surface area contributed by atoms with Crippen LogP contribution in [-0.4, -0.2) is 23.0 Å². The number of aliphatic carboxylic acids is 1. The summed E-state index contributed by atoms with van der Waals surface area (Å²) in [5.41, 5.74) is -0.545. The fraction of sp³-hybridized carbons (Fsp3) is 0.385. The van der Waals surface area contributed by atoms with E-state index in [9.17, 15) is 9.59 Å². The quantitative estimate of drug-likeness (QED) is 0.901. The highest BCUT2D eigenvalue weighted by atomic mass is 35.5. The van der Waals surface area contributed by atoms with E-state index in [2.05, 4.69) is 5.32 Å². The minimum absolute atomic E-state index is 0.0846. The average molecular weight is 304 g/mol. The molecule has 4 nitrogen and oxygen atoms in total.